The average molecular weight is 492 g/mol. The van der Waals surface area contributed by atoms with Crippen molar-refractivity contribution in [2.45, 2.75) is 57.1 Å². The Hall–Kier alpha value is -3.06. The second kappa shape index (κ2) is 13.0. The van der Waals surface area contributed by atoms with Gasteiger partial charge in [-0.05, 0) is 36.5 Å². The van der Waals surface area contributed by atoms with E-state index < -0.39 is 54.2 Å². The molecule has 0 spiro atoms. The first-order chi connectivity index (χ1) is 15.8. The Morgan fingerprint density at radius 2 is 1.68 bits per heavy atom. The van der Waals surface area contributed by atoms with Crippen molar-refractivity contribution in [2.75, 3.05) is 13.7 Å². The average Bonchev–Trinajstić information content (AvgIpc) is 2.76. The van der Waals surface area contributed by atoms with Gasteiger partial charge in [-0.15, -0.1) is 0 Å². The van der Waals surface area contributed by atoms with Crippen LogP contribution < -0.4 is 26.4 Å². The third-order valence-corrected chi connectivity index (χ3v) is 5.01. The van der Waals surface area contributed by atoms with Crippen molar-refractivity contribution < 1.29 is 42.5 Å². The minimum Gasteiger partial charge on any atom is -0.497 e. The summed E-state index contributed by atoms with van der Waals surface area (Å²) < 4.78 is 44.3. The molecule has 0 unspecified atom stereocenters. The van der Waals surface area contributed by atoms with Gasteiger partial charge in [-0.2, -0.15) is 13.2 Å². The first-order valence-electron chi connectivity index (χ1n) is 10.5. The molecule has 0 saturated carbocycles. The Kier molecular flexibility index (Phi) is 11.1. The Morgan fingerprint density at radius 3 is 2.15 bits per heavy atom. The highest BCUT2D eigenvalue weighted by atomic mass is 19.4. The molecule has 0 aliphatic rings. The van der Waals surface area contributed by atoms with E-state index in [1.807, 2.05) is 0 Å². The van der Waals surface area contributed by atoms with Crippen LogP contribution in [0, 0.1) is 5.92 Å². The van der Waals surface area contributed by atoms with E-state index >= 15 is 0 Å². The highest BCUT2D eigenvalue weighted by Gasteiger charge is 2.45. The molecule has 0 aliphatic carbocycles. The molecule has 0 radical (unpaired) electrons. The minimum absolute atomic E-state index is 0.0596. The zero-order valence-corrected chi connectivity index (χ0v) is 19.1. The van der Waals surface area contributed by atoms with E-state index in [9.17, 15) is 32.7 Å². The van der Waals surface area contributed by atoms with Gasteiger partial charge in [0, 0.05) is 6.54 Å². The first kappa shape index (κ1) is 29.0. The number of aliphatic hydroxyl groups is 1. The number of methoxy groups -OCH3 is 1. The number of amides is 3. The molecule has 7 N–H and O–H groups in total. The summed E-state index contributed by atoms with van der Waals surface area (Å²) in [5.41, 5.74) is 6.08. The number of hydrogen-bond donors (Lipinski definition) is 6. The number of nitrogens with one attached hydrogen (secondary N) is 3. The number of nitrogens with two attached hydrogens (primary N) is 1. The van der Waals surface area contributed by atoms with Crippen LogP contribution in [0.5, 0.6) is 5.75 Å². The second-order valence-electron chi connectivity index (χ2n) is 7.96. The number of hydrogen-bond acceptors (Lipinski definition) is 6. The molecule has 0 heterocycles. The van der Waals surface area contributed by atoms with Gasteiger partial charge in [0.15, 0.2) is 6.10 Å². The predicted octanol–water partition coefficient (Wildman–Crippen LogP) is 1.29. The molecular weight excluding hydrogens is 461 g/mol. The fourth-order valence-corrected chi connectivity index (χ4v) is 3.06. The molecule has 10 nitrogen and oxygen atoms in total. The molecule has 1 aromatic rings. The Labute approximate surface area is 195 Å². The van der Waals surface area contributed by atoms with E-state index in [2.05, 4.69) is 16.0 Å². The van der Waals surface area contributed by atoms with Gasteiger partial charge in [-0.25, -0.2) is 4.79 Å². The summed E-state index contributed by atoms with van der Waals surface area (Å²) in [4.78, 5) is 36.1. The Morgan fingerprint density at radius 1 is 1.09 bits per heavy atom. The van der Waals surface area contributed by atoms with Crippen molar-refractivity contribution in [3.63, 3.8) is 0 Å². The Balaban J connectivity index is 3.06. The van der Waals surface area contributed by atoms with Gasteiger partial charge >= 0.3 is 12.3 Å². The second-order valence-corrected chi connectivity index (χ2v) is 7.96. The summed E-state index contributed by atoms with van der Waals surface area (Å²) >= 11 is 0. The third kappa shape index (κ3) is 9.06. The van der Waals surface area contributed by atoms with E-state index in [1.165, 1.54) is 45.2 Å². The van der Waals surface area contributed by atoms with Crippen LogP contribution in [-0.2, 0) is 9.59 Å². The van der Waals surface area contributed by atoms with Gasteiger partial charge in [-0.3, -0.25) is 9.59 Å². The fraction of sp³-hybridized carbons (Fsp3) is 0.571. The highest BCUT2D eigenvalue weighted by molar-refractivity contribution is 5.90. The van der Waals surface area contributed by atoms with Gasteiger partial charge in [0.1, 0.15) is 11.8 Å². The van der Waals surface area contributed by atoms with Crippen LogP contribution in [0.25, 0.3) is 0 Å². The number of aliphatic hydroxyl groups excluding tert-OH is 1. The first-order valence-corrected chi connectivity index (χ1v) is 10.5. The van der Waals surface area contributed by atoms with E-state index in [4.69, 9.17) is 15.6 Å². The predicted molar refractivity (Wildman–Crippen MR) is 116 cm³/mol. The lowest BCUT2D eigenvalue weighted by atomic mass is 9.96. The van der Waals surface area contributed by atoms with Crippen LogP contribution in [0.3, 0.4) is 0 Å². The summed E-state index contributed by atoms with van der Waals surface area (Å²) in [5.74, 6) is -2.06. The minimum atomic E-state index is -4.96. The van der Waals surface area contributed by atoms with Crippen LogP contribution in [0.15, 0.2) is 24.3 Å². The molecule has 192 valence electrons. The van der Waals surface area contributed by atoms with Crippen LogP contribution in [0.4, 0.5) is 18.0 Å². The summed E-state index contributed by atoms with van der Waals surface area (Å²) in [6.07, 6.45) is -8.67. The molecule has 4 atom stereocenters. The molecule has 34 heavy (non-hydrogen) atoms. The summed E-state index contributed by atoms with van der Waals surface area (Å²) in [6.45, 7) is 2.87. The van der Waals surface area contributed by atoms with E-state index in [1.54, 1.807) is 0 Å². The molecule has 1 aromatic carbocycles. The lowest BCUT2D eigenvalue weighted by Crippen LogP contribution is -2.55. The molecule has 3 amide bonds. The van der Waals surface area contributed by atoms with Gasteiger partial charge in [0.2, 0.25) is 11.8 Å². The number of carbonyl (C=O) groups is 3. The normalized spacial score (nSPS) is 15.1. The summed E-state index contributed by atoms with van der Waals surface area (Å²) in [7, 11) is 1.42. The van der Waals surface area contributed by atoms with E-state index in [0.29, 0.717) is 5.75 Å². The van der Waals surface area contributed by atoms with Gasteiger partial charge in [-0.1, -0.05) is 26.0 Å². The SMILES string of the molecule is COc1ccc([C@H](NC(=O)[C@@H](N)CCCNC(=O)O)C(=O)N[C@@H](C(C)C)[C@H](O)C(F)(F)F)cc1. The number of benzene rings is 1. The maximum atomic E-state index is 13.1. The van der Waals surface area contributed by atoms with Crippen molar-refractivity contribution in [3.8, 4) is 5.75 Å². The van der Waals surface area contributed by atoms with Gasteiger partial charge in [0.05, 0.1) is 19.2 Å². The number of carbonyl (C=O) groups excluding carboxylic acids is 2. The summed E-state index contributed by atoms with van der Waals surface area (Å²) in [6, 6.07) is 1.73. The maximum Gasteiger partial charge on any atom is 0.416 e. The van der Waals surface area contributed by atoms with Crippen LogP contribution >= 0.6 is 0 Å². The standard InChI is InChI=1S/C21H31F3N4O6/c1-11(2)15(17(29)21(22,23)24)27-19(31)16(12-6-8-13(34-3)9-7-12)28-18(30)14(25)5-4-10-26-20(32)33/h6-9,11,14-17,26,29H,4-5,10,25H2,1-3H3,(H,27,31)(H,28,30)(H,32,33)/t14-,15-,16-,17-/m0/s1. The summed E-state index contributed by atoms with van der Waals surface area (Å²) in [5, 5.41) is 25.0. The lowest BCUT2D eigenvalue weighted by Gasteiger charge is -2.31. The monoisotopic (exact) mass is 492 g/mol. The molecule has 0 bridgehead atoms. The molecular formula is C21H31F3N4O6. The molecule has 0 saturated heterocycles. The molecule has 0 fully saturated rings. The van der Waals surface area contributed by atoms with Crippen molar-refractivity contribution in [1.82, 2.24) is 16.0 Å². The topological polar surface area (TPSA) is 163 Å². The zero-order chi connectivity index (χ0) is 26.1. The van der Waals surface area contributed by atoms with E-state index in [-0.39, 0.29) is 24.9 Å². The van der Waals surface area contributed by atoms with Crippen LogP contribution in [0.1, 0.15) is 38.3 Å². The number of rotatable bonds is 12. The van der Waals surface area contributed by atoms with Gasteiger partial charge in [0.25, 0.3) is 0 Å². The molecule has 13 heteroatoms. The number of alkyl halides is 3. The quantitative estimate of drug-likeness (QED) is 0.240. The van der Waals surface area contributed by atoms with Crippen LogP contribution in [0.2, 0.25) is 0 Å². The van der Waals surface area contributed by atoms with Crippen molar-refractivity contribution in [2.24, 2.45) is 11.7 Å². The number of halogens is 3. The number of carboxylic acid groups (broad SMARTS) is 1. The maximum absolute atomic E-state index is 13.1. The third-order valence-electron chi connectivity index (χ3n) is 5.01. The molecule has 0 aromatic heterocycles. The highest BCUT2D eigenvalue weighted by Crippen LogP contribution is 2.26. The van der Waals surface area contributed by atoms with Crippen molar-refractivity contribution >= 4 is 17.9 Å². The lowest BCUT2D eigenvalue weighted by molar-refractivity contribution is -0.215. The fourth-order valence-electron chi connectivity index (χ4n) is 3.06. The van der Waals surface area contributed by atoms with Crippen molar-refractivity contribution in [1.29, 1.82) is 0 Å². The largest absolute Gasteiger partial charge is 0.497 e. The molecule has 0 aliphatic heterocycles. The van der Waals surface area contributed by atoms with E-state index in [0.717, 1.165) is 0 Å². The van der Waals surface area contributed by atoms with Crippen molar-refractivity contribution in [3.05, 3.63) is 29.8 Å². The zero-order valence-electron chi connectivity index (χ0n) is 19.1. The smallest absolute Gasteiger partial charge is 0.416 e. The molecule has 1 rings (SSSR count). The Bertz CT molecular complexity index is 820. The van der Waals surface area contributed by atoms with Crippen LogP contribution in [-0.4, -0.2) is 66.1 Å². The van der Waals surface area contributed by atoms with Gasteiger partial charge < -0.3 is 36.6 Å². The number of ether oxygens (including phenoxy) is 1.